The van der Waals surface area contributed by atoms with Crippen molar-refractivity contribution in [2.45, 2.75) is 25.6 Å². The highest BCUT2D eigenvalue weighted by atomic mass is 32.2. The minimum absolute atomic E-state index is 0.482. The largest absolute Gasteiger partial charge is 0.400 e. The van der Waals surface area contributed by atoms with E-state index in [9.17, 15) is 17.4 Å². The van der Waals surface area contributed by atoms with Crippen LogP contribution < -0.4 is 0 Å². The second kappa shape index (κ2) is 4.03. The van der Waals surface area contributed by atoms with E-state index < -0.39 is 30.1 Å². The van der Waals surface area contributed by atoms with Crippen molar-refractivity contribution in [2.75, 3.05) is 0 Å². The Bertz CT molecular complexity index is 152. The summed E-state index contributed by atoms with van der Waals surface area (Å²) in [5, 5.41) is 0. The van der Waals surface area contributed by atoms with Gasteiger partial charge >= 0.3 is 17.5 Å². The molecular formula is C4H7F3O3S. The van der Waals surface area contributed by atoms with Gasteiger partial charge in [-0.3, -0.25) is 4.55 Å². The Morgan fingerprint density at radius 1 is 1.73 bits per heavy atom. The minimum atomic E-state index is -4.19. The molecule has 2 atom stereocenters. The summed E-state index contributed by atoms with van der Waals surface area (Å²) in [5.41, 5.74) is 0. The van der Waals surface area contributed by atoms with Gasteiger partial charge in [0.05, 0.1) is 0 Å². The average molecular weight is 192 g/mol. The van der Waals surface area contributed by atoms with Crippen LogP contribution in [0.3, 0.4) is 0 Å². The molecule has 0 heterocycles. The number of hydrogen-bond donors (Lipinski definition) is 1. The van der Waals surface area contributed by atoms with Crippen LogP contribution in [-0.2, 0) is 15.5 Å². The van der Waals surface area contributed by atoms with Crippen molar-refractivity contribution in [2.24, 2.45) is 0 Å². The van der Waals surface area contributed by atoms with Crippen molar-refractivity contribution >= 4 is 11.4 Å². The molecule has 2 unspecified atom stereocenters. The van der Waals surface area contributed by atoms with Crippen molar-refractivity contribution < 1.29 is 26.1 Å². The lowest BCUT2D eigenvalue weighted by Gasteiger charge is -2.16. The molecule has 0 aromatic carbocycles. The molecule has 0 fully saturated rings. The lowest BCUT2D eigenvalue weighted by Crippen LogP contribution is -2.33. The van der Waals surface area contributed by atoms with Crippen LogP contribution in [0.15, 0.2) is 0 Å². The Morgan fingerprint density at radius 3 is 2.45 bits per heavy atom. The van der Waals surface area contributed by atoms with Crippen LogP contribution in [0, 0.1) is 0 Å². The fourth-order valence-electron chi connectivity index (χ4n) is 0.385. The summed E-state index contributed by atoms with van der Waals surface area (Å²) < 4.78 is 57.0. The molecule has 0 aliphatic heterocycles. The summed E-state index contributed by atoms with van der Waals surface area (Å²) in [6.07, 6.45) is -7.22. The van der Waals surface area contributed by atoms with Crippen LogP contribution in [0.1, 0.15) is 13.3 Å². The first-order chi connectivity index (χ1) is 4.90. The molecule has 0 saturated carbocycles. The minimum Gasteiger partial charge on any atom is -0.284 e. The van der Waals surface area contributed by atoms with Crippen molar-refractivity contribution in [1.29, 1.82) is 0 Å². The van der Waals surface area contributed by atoms with Crippen molar-refractivity contribution in [3.63, 3.8) is 0 Å². The topological polar surface area (TPSA) is 46.5 Å². The normalized spacial score (nSPS) is 17.9. The van der Waals surface area contributed by atoms with Crippen molar-refractivity contribution in [3.05, 3.63) is 0 Å². The standard InChI is InChI=1S/C4H7F3O3S/c1-2-3(5)4(6,7)10-11(8)9/h3H,2H2,1H3,(H,8,9). The van der Waals surface area contributed by atoms with Crippen molar-refractivity contribution in [1.82, 2.24) is 0 Å². The molecule has 0 aliphatic rings. The summed E-state index contributed by atoms with van der Waals surface area (Å²) in [5.74, 6) is 0. The van der Waals surface area contributed by atoms with Gasteiger partial charge in [-0.25, -0.2) is 4.39 Å². The summed E-state index contributed by atoms with van der Waals surface area (Å²) in [7, 11) is 0. The van der Waals surface area contributed by atoms with E-state index in [0.29, 0.717) is 0 Å². The highest BCUT2D eigenvalue weighted by Crippen LogP contribution is 2.25. The number of rotatable bonds is 4. The average Bonchev–Trinajstić information content (AvgIpc) is 1.83. The summed E-state index contributed by atoms with van der Waals surface area (Å²) >= 11 is -3.15. The molecule has 68 valence electrons. The molecule has 1 N–H and O–H groups in total. The first-order valence-electron chi connectivity index (χ1n) is 2.72. The Kier molecular flexibility index (Phi) is 3.98. The third-order valence-electron chi connectivity index (χ3n) is 0.905. The zero-order chi connectivity index (χ0) is 9.07. The van der Waals surface area contributed by atoms with Crippen LogP contribution in [0.4, 0.5) is 13.2 Å². The fourth-order valence-corrected chi connectivity index (χ4v) is 0.679. The molecule has 11 heavy (non-hydrogen) atoms. The molecule has 0 rings (SSSR count). The zero-order valence-electron chi connectivity index (χ0n) is 5.59. The van der Waals surface area contributed by atoms with Gasteiger partial charge in [0.25, 0.3) is 0 Å². The van der Waals surface area contributed by atoms with Gasteiger partial charge in [0.15, 0.2) is 6.17 Å². The highest BCUT2D eigenvalue weighted by molar-refractivity contribution is 7.74. The molecule has 0 radical (unpaired) electrons. The van der Waals surface area contributed by atoms with Crippen LogP contribution in [0.25, 0.3) is 0 Å². The Morgan fingerprint density at radius 2 is 2.18 bits per heavy atom. The molecule has 3 nitrogen and oxygen atoms in total. The van der Waals surface area contributed by atoms with Gasteiger partial charge in [-0.1, -0.05) is 6.92 Å². The molecule has 0 amide bonds. The van der Waals surface area contributed by atoms with Crippen molar-refractivity contribution in [3.8, 4) is 0 Å². The predicted octanol–water partition coefficient (Wildman–Crippen LogP) is 1.48. The van der Waals surface area contributed by atoms with Crippen LogP contribution in [-0.4, -0.2) is 21.0 Å². The molecule has 0 saturated heterocycles. The quantitative estimate of drug-likeness (QED) is 0.686. The Balaban J connectivity index is 4.08. The second-order valence-electron chi connectivity index (χ2n) is 1.74. The fraction of sp³-hybridized carbons (Fsp3) is 1.00. The molecule has 0 aromatic heterocycles. The monoisotopic (exact) mass is 192 g/mol. The van der Waals surface area contributed by atoms with E-state index in [1.165, 1.54) is 6.92 Å². The SMILES string of the molecule is CCC(F)C(F)(F)OS(=O)O. The maximum atomic E-state index is 12.1. The molecular weight excluding hydrogens is 185 g/mol. The Labute approximate surface area is 64.0 Å². The van der Waals surface area contributed by atoms with E-state index in [2.05, 4.69) is 4.18 Å². The van der Waals surface area contributed by atoms with Gasteiger partial charge in [0, 0.05) is 0 Å². The molecule has 7 heteroatoms. The van der Waals surface area contributed by atoms with Gasteiger partial charge in [-0.15, -0.1) is 0 Å². The van der Waals surface area contributed by atoms with Gasteiger partial charge in [-0.2, -0.15) is 17.2 Å². The number of alkyl halides is 3. The Hall–Kier alpha value is -0.140. The molecule has 0 aliphatic carbocycles. The van der Waals surface area contributed by atoms with Crippen LogP contribution in [0.2, 0.25) is 0 Å². The highest BCUT2D eigenvalue weighted by Gasteiger charge is 2.42. The van der Waals surface area contributed by atoms with Gasteiger partial charge in [0.2, 0.25) is 0 Å². The van der Waals surface area contributed by atoms with E-state index in [4.69, 9.17) is 4.55 Å². The predicted molar refractivity (Wildman–Crippen MR) is 32.0 cm³/mol. The van der Waals surface area contributed by atoms with Gasteiger partial charge in [-0.05, 0) is 6.42 Å². The van der Waals surface area contributed by atoms with Gasteiger partial charge < -0.3 is 0 Å². The van der Waals surface area contributed by atoms with E-state index in [1.54, 1.807) is 0 Å². The first-order valence-corrected chi connectivity index (χ1v) is 3.75. The number of halogens is 3. The van der Waals surface area contributed by atoms with Crippen LogP contribution in [0.5, 0.6) is 0 Å². The molecule has 0 aromatic rings. The molecule has 0 bridgehead atoms. The van der Waals surface area contributed by atoms with E-state index in [-0.39, 0.29) is 0 Å². The van der Waals surface area contributed by atoms with Gasteiger partial charge in [0.1, 0.15) is 0 Å². The van der Waals surface area contributed by atoms with E-state index in [0.717, 1.165) is 0 Å². The smallest absolute Gasteiger partial charge is 0.284 e. The summed E-state index contributed by atoms with van der Waals surface area (Å²) in [6.45, 7) is 1.17. The summed E-state index contributed by atoms with van der Waals surface area (Å²) in [4.78, 5) is 0. The third-order valence-corrected chi connectivity index (χ3v) is 1.27. The molecule has 0 spiro atoms. The lowest BCUT2D eigenvalue weighted by atomic mass is 10.3. The summed E-state index contributed by atoms with van der Waals surface area (Å²) in [6, 6.07) is 0. The second-order valence-corrected chi connectivity index (χ2v) is 2.34. The first kappa shape index (κ1) is 10.9. The third kappa shape index (κ3) is 3.68. The maximum Gasteiger partial charge on any atom is 0.400 e. The zero-order valence-corrected chi connectivity index (χ0v) is 6.41. The van der Waals surface area contributed by atoms with E-state index >= 15 is 0 Å². The van der Waals surface area contributed by atoms with Crippen LogP contribution >= 0.6 is 0 Å². The number of hydrogen-bond acceptors (Lipinski definition) is 2. The maximum absolute atomic E-state index is 12.1. The van der Waals surface area contributed by atoms with E-state index in [1.807, 2.05) is 0 Å². The lowest BCUT2D eigenvalue weighted by molar-refractivity contribution is -0.217.